The van der Waals surface area contributed by atoms with Gasteiger partial charge in [-0.05, 0) is 54.9 Å². The van der Waals surface area contributed by atoms with Gasteiger partial charge in [-0.25, -0.2) is 0 Å². The molecule has 1 aliphatic carbocycles. The van der Waals surface area contributed by atoms with Crippen LogP contribution in [0.1, 0.15) is 49.8 Å². The van der Waals surface area contributed by atoms with Crippen LogP contribution in [-0.2, 0) is 4.79 Å². The highest BCUT2D eigenvalue weighted by Crippen LogP contribution is 2.33. The van der Waals surface area contributed by atoms with E-state index in [2.05, 4.69) is 12.2 Å². The lowest BCUT2D eigenvalue weighted by Gasteiger charge is -2.32. The quantitative estimate of drug-likeness (QED) is 0.740. The van der Waals surface area contributed by atoms with Crippen LogP contribution in [0.2, 0.25) is 0 Å². The average Bonchev–Trinajstić information content (AvgIpc) is 2.69. The molecule has 144 valence electrons. The van der Waals surface area contributed by atoms with E-state index < -0.39 is 6.04 Å². The highest BCUT2D eigenvalue weighted by Gasteiger charge is 2.25. The molecule has 1 saturated carbocycles. The van der Waals surface area contributed by atoms with Crippen LogP contribution in [0.15, 0.2) is 54.6 Å². The lowest BCUT2D eigenvalue weighted by molar-refractivity contribution is -0.123. The highest BCUT2D eigenvalue weighted by molar-refractivity contribution is 5.83. The fraction of sp³-hybridized carbons (Fsp3) is 0.435. The minimum absolute atomic E-state index is 0.0975. The molecule has 1 amide bonds. The molecule has 0 bridgehead atoms. The number of rotatable bonds is 8. The van der Waals surface area contributed by atoms with E-state index in [1.54, 1.807) is 0 Å². The standard InChI is InChI=1S/C23H29NO3/c1-16-12-18(13-16)15-27-21-10-8-20(9-11-21)22(14-25)24-23(26)17(2)19-6-4-3-5-7-19/h3-11,16-18,22,25H,12-15H2,1-2H3,(H,24,26)/t16?,17-,18?,22-/m0/s1. The molecule has 27 heavy (non-hydrogen) atoms. The Labute approximate surface area is 161 Å². The first-order valence-electron chi connectivity index (χ1n) is 9.75. The van der Waals surface area contributed by atoms with Crippen molar-refractivity contribution in [3.63, 3.8) is 0 Å². The number of benzene rings is 2. The number of aliphatic hydroxyl groups is 1. The summed E-state index contributed by atoms with van der Waals surface area (Å²) in [4.78, 5) is 12.5. The normalized spacial score (nSPS) is 21.0. The summed E-state index contributed by atoms with van der Waals surface area (Å²) in [6, 6.07) is 16.9. The van der Waals surface area contributed by atoms with Crippen molar-refractivity contribution in [1.29, 1.82) is 0 Å². The van der Waals surface area contributed by atoms with E-state index in [0.29, 0.717) is 5.92 Å². The number of nitrogens with one attached hydrogen (secondary N) is 1. The van der Waals surface area contributed by atoms with E-state index in [1.807, 2.05) is 61.5 Å². The van der Waals surface area contributed by atoms with Gasteiger partial charge in [0.05, 0.1) is 25.2 Å². The van der Waals surface area contributed by atoms with Crippen molar-refractivity contribution in [2.24, 2.45) is 11.8 Å². The Morgan fingerprint density at radius 2 is 1.78 bits per heavy atom. The van der Waals surface area contributed by atoms with E-state index in [4.69, 9.17) is 4.74 Å². The highest BCUT2D eigenvalue weighted by atomic mass is 16.5. The summed E-state index contributed by atoms with van der Waals surface area (Å²) in [6.45, 7) is 4.76. The molecule has 2 atom stereocenters. The van der Waals surface area contributed by atoms with Gasteiger partial charge in [0.15, 0.2) is 0 Å². The van der Waals surface area contributed by atoms with E-state index in [9.17, 15) is 9.90 Å². The third-order valence-electron chi connectivity index (χ3n) is 5.43. The van der Waals surface area contributed by atoms with E-state index >= 15 is 0 Å². The van der Waals surface area contributed by atoms with Gasteiger partial charge in [-0.15, -0.1) is 0 Å². The Bertz CT molecular complexity index is 723. The van der Waals surface area contributed by atoms with Gasteiger partial charge in [0.25, 0.3) is 0 Å². The maximum absolute atomic E-state index is 12.5. The maximum Gasteiger partial charge on any atom is 0.227 e. The largest absolute Gasteiger partial charge is 0.493 e. The Hall–Kier alpha value is -2.33. The summed E-state index contributed by atoms with van der Waals surface area (Å²) in [5.41, 5.74) is 1.83. The number of hydrogen-bond donors (Lipinski definition) is 2. The lowest BCUT2D eigenvalue weighted by atomic mass is 9.77. The predicted octanol–water partition coefficient (Wildman–Crippen LogP) is 4.06. The Morgan fingerprint density at radius 1 is 1.11 bits per heavy atom. The first-order chi connectivity index (χ1) is 13.1. The molecule has 0 radical (unpaired) electrons. The first kappa shape index (κ1) is 19.4. The van der Waals surface area contributed by atoms with Crippen molar-refractivity contribution in [3.8, 4) is 5.75 Å². The number of amides is 1. The second-order valence-electron chi connectivity index (χ2n) is 7.70. The van der Waals surface area contributed by atoms with Crippen LogP contribution in [0.5, 0.6) is 5.75 Å². The summed E-state index contributed by atoms with van der Waals surface area (Å²) < 4.78 is 5.85. The molecule has 2 aromatic rings. The molecular formula is C23H29NO3. The second kappa shape index (κ2) is 9.05. The van der Waals surface area contributed by atoms with Crippen molar-refractivity contribution >= 4 is 5.91 Å². The summed E-state index contributed by atoms with van der Waals surface area (Å²) >= 11 is 0. The summed E-state index contributed by atoms with van der Waals surface area (Å²) in [6.07, 6.45) is 2.49. The topological polar surface area (TPSA) is 58.6 Å². The third kappa shape index (κ3) is 5.10. The smallest absolute Gasteiger partial charge is 0.227 e. The molecule has 2 N–H and O–H groups in total. The van der Waals surface area contributed by atoms with Gasteiger partial charge in [-0.3, -0.25) is 4.79 Å². The zero-order valence-corrected chi connectivity index (χ0v) is 16.1. The van der Waals surface area contributed by atoms with E-state index in [0.717, 1.165) is 29.4 Å². The van der Waals surface area contributed by atoms with Crippen molar-refractivity contribution in [2.45, 2.75) is 38.6 Å². The second-order valence-corrected chi connectivity index (χ2v) is 7.70. The van der Waals surface area contributed by atoms with Gasteiger partial charge < -0.3 is 15.2 Å². The number of aliphatic hydroxyl groups excluding tert-OH is 1. The van der Waals surface area contributed by atoms with Crippen LogP contribution in [0.25, 0.3) is 0 Å². The van der Waals surface area contributed by atoms with Crippen LogP contribution in [0, 0.1) is 11.8 Å². The Morgan fingerprint density at radius 3 is 2.37 bits per heavy atom. The van der Waals surface area contributed by atoms with Gasteiger partial charge in [0, 0.05) is 0 Å². The number of carbonyl (C=O) groups is 1. The molecule has 0 saturated heterocycles. The van der Waals surface area contributed by atoms with Crippen LogP contribution in [0.4, 0.5) is 0 Å². The first-order valence-corrected chi connectivity index (χ1v) is 9.75. The molecule has 0 spiro atoms. The van der Waals surface area contributed by atoms with Crippen LogP contribution < -0.4 is 10.1 Å². The van der Waals surface area contributed by atoms with Crippen LogP contribution >= 0.6 is 0 Å². The number of hydrogen-bond acceptors (Lipinski definition) is 3. The Balaban J connectivity index is 1.55. The molecular weight excluding hydrogens is 338 g/mol. The summed E-state index contributed by atoms with van der Waals surface area (Å²) in [5.74, 6) is 1.96. The van der Waals surface area contributed by atoms with Gasteiger partial charge >= 0.3 is 0 Å². The van der Waals surface area contributed by atoms with Gasteiger partial charge in [-0.1, -0.05) is 49.4 Å². The van der Waals surface area contributed by atoms with Crippen molar-refractivity contribution in [1.82, 2.24) is 5.32 Å². The van der Waals surface area contributed by atoms with Crippen molar-refractivity contribution < 1.29 is 14.6 Å². The summed E-state index contributed by atoms with van der Waals surface area (Å²) in [7, 11) is 0. The van der Waals surface area contributed by atoms with Gasteiger partial charge in [0.2, 0.25) is 5.91 Å². The fourth-order valence-corrected chi connectivity index (χ4v) is 3.64. The SMILES string of the molecule is CC1CC(COc2ccc([C@H](CO)NC(=O)[C@@H](C)c3ccccc3)cc2)C1. The molecule has 0 heterocycles. The van der Waals surface area contributed by atoms with Crippen molar-refractivity contribution in [2.75, 3.05) is 13.2 Å². The molecule has 4 nitrogen and oxygen atoms in total. The number of ether oxygens (including phenoxy) is 1. The third-order valence-corrected chi connectivity index (χ3v) is 5.43. The fourth-order valence-electron chi connectivity index (χ4n) is 3.64. The molecule has 2 aromatic carbocycles. The minimum atomic E-state index is -0.426. The molecule has 1 fully saturated rings. The maximum atomic E-state index is 12.5. The average molecular weight is 367 g/mol. The zero-order chi connectivity index (χ0) is 19.2. The molecule has 1 aliphatic rings. The predicted molar refractivity (Wildman–Crippen MR) is 107 cm³/mol. The van der Waals surface area contributed by atoms with E-state index in [1.165, 1.54) is 12.8 Å². The monoisotopic (exact) mass is 367 g/mol. The molecule has 3 rings (SSSR count). The van der Waals surface area contributed by atoms with Gasteiger partial charge in [0.1, 0.15) is 5.75 Å². The number of carbonyl (C=O) groups excluding carboxylic acids is 1. The van der Waals surface area contributed by atoms with Crippen LogP contribution in [0.3, 0.4) is 0 Å². The van der Waals surface area contributed by atoms with Gasteiger partial charge in [-0.2, -0.15) is 0 Å². The molecule has 0 unspecified atom stereocenters. The van der Waals surface area contributed by atoms with Crippen LogP contribution in [-0.4, -0.2) is 24.2 Å². The van der Waals surface area contributed by atoms with E-state index in [-0.39, 0.29) is 18.4 Å². The Kier molecular flexibility index (Phi) is 6.51. The molecule has 0 aromatic heterocycles. The van der Waals surface area contributed by atoms with Crippen molar-refractivity contribution in [3.05, 3.63) is 65.7 Å². The zero-order valence-electron chi connectivity index (χ0n) is 16.1. The minimum Gasteiger partial charge on any atom is -0.493 e. The summed E-state index contributed by atoms with van der Waals surface area (Å²) in [5, 5.41) is 12.7. The molecule has 0 aliphatic heterocycles. The lowest BCUT2D eigenvalue weighted by Crippen LogP contribution is -2.33. The molecule has 4 heteroatoms.